The van der Waals surface area contributed by atoms with E-state index in [1.807, 2.05) is 13.0 Å². The number of carbonyl (C=O) groups excluding carboxylic acids is 1. The van der Waals surface area contributed by atoms with Crippen LogP contribution in [0.25, 0.3) is 0 Å². The number of carbonyl (C=O) groups is 1. The van der Waals surface area contributed by atoms with Crippen LogP contribution in [0.15, 0.2) is 30.5 Å². The van der Waals surface area contributed by atoms with Gasteiger partial charge in [0, 0.05) is 24.6 Å². The third-order valence-electron chi connectivity index (χ3n) is 2.96. The molecule has 6 heteroatoms. The van der Waals surface area contributed by atoms with Crippen molar-refractivity contribution < 1.29 is 9.53 Å². The highest BCUT2D eigenvalue weighted by molar-refractivity contribution is 6.32. The normalized spacial score (nSPS) is 10.1. The summed E-state index contributed by atoms with van der Waals surface area (Å²) in [6, 6.07) is 6.88. The molecule has 110 valence electrons. The lowest BCUT2D eigenvalue weighted by molar-refractivity contribution is 0.102. The number of rotatable bonds is 4. The molecule has 0 saturated carbocycles. The Hall–Kier alpha value is -2.27. The predicted octanol–water partition coefficient (Wildman–Crippen LogP) is 3.35. The number of ether oxygens (including phenoxy) is 1. The fourth-order valence-corrected chi connectivity index (χ4v) is 2.15. The molecule has 1 aromatic carbocycles. The smallest absolute Gasteiger partial charge is 0.259 e. The molecule has 0 aliphatic carbocycles. The molecule has 21 heavy (non-hydrogen) atoms. The van der Waals surface area contributed by atoms with Gasteiger partial charge in [0.25, 0.3) is 5.91 Å². The number of amides is 1. The van der Waals surface area contributed by atoms with Gasteiger partial charge in [-0.3, -0.25) is 9.78 Å². The molecular formula is C15H16ClN3O2. The highest BCUT2D eigenvalue weighted by Gasteiger charge is 2.12. The van der Waals surface area contributed by atoms with Crippen LogP contribution in [0.1, 0.15) is 16.1 Å². The van der Waals surface area contributed by atoms with E-state index in [2.05, 4.69) is 15.6 Å². The van der Waals surface area contributed by atoms with E-state index in [1.54, 1.807) is 31.4 Å². The van der Waals surface area contributed by atoms with Crippen molar-refractivity contribution in [3.05, 3.63) is 46.7 Å². The molecule has 0 atom stereocenters. The summed E-state index contributed by atoms with van der Waals surface area (Å²) in [6.45, 7) is 1.87. The van der Waals surface area contributed by atoms with Gasteiger partial charge < -0.3 is 15.4 Å². The molecule has 0 unspecified atom stereocenters. The Bertz CT molecular complexity index is 674. The predicted molar refractivity (Wildman–Crippen MR) is 84.5 cm³/mol. The van der Waals surface area contributed by atoms with Crippen LogP contribution in [-0.2, 0) is 0 Å². The van der Waals surface area contributed by atoms with E-state index in [0.717, 1.165) is 11.4 Å². The van der Waals surface area contributed by atoms with Crippen LogP contribution in [0.5, 0.6) is 5.75 Å². The molecule has 2 aromatic rings. The van der Waals surface area contributed by atoms with Gasteiger partial charge in [-0.1, -0.05) is 11.6 Å². The Morgan fingerprint density at radius 1 is 1.33 bits per heavy atom. The van der Waals surface area contributed by atoms with Gasteiger partial charge in [0.15, 0.2) is 0 Å². The first-order valence-electron chi connectivity index (χ1n) is 6.34. The number of anilines is 2. The molecule has 1 aromatic heterocycles. The van der Waals surface area contributed by atoms with Gasteiger partial charge in [-0.05, 0) is 31.2 Å². The van der Waals surface area contributed by atoms with E-state index in [1.165, 1.54) is 7.11 Å². The largest absolute Gasteiger partial charge is 0.495 e. The van der Waals surface area contributed by atoms with Crippen molar-refractivity contribution in [1.29, 1.82) is 0 Å². The highest BCUT2D eigenvalue weighted by Crippen LogP contribution is 2.27. The topological polar surface area (TPSA) is 63.2 Å². The van der Waals surface area contributed by atoms with E-state index in [0.29, 0.717) is 22.0 Å². The summed E-state index contributed by atoms with van der Waals surface area (Å²) in [4.78, 5) is 16.5. The average Bonchev–Trinajstić information content (AvgIpc) is 2.47. The number of hydrogen-bond donors (Lipinski definition) is 2. The summed E-state index contributed by atoms with van der Waals surface area (Å²) >= 11 is 6.04. The fourth-order valence-electron chi connectivity index (χ4n) is 1.89. The minimum atomic E-state index is -0.256. The number of halogens is 1. The van der Waals surface area contributed by atoms with Gasteiger partial charge in [-0.25, -0.2) is 0 Å². The summed E-state index contributed by atoms with van der Waals surface area (Å²) in [5.41, 5.74) is 2.62. The van der Waals surface area contributed by atoms with Crippen molar-refractivity contribution in [1.82, 2.24) is 4.98 Å². The van der Waals surface area contributed by atoms with Crippen molar-refractivity contribution in [3.8, 4) is 5.75 Å². The van der Waals surface area contributed by atoms with Gasteiger partial charge in [0.2, 0.25) is 0 Å². The second-order valence-corrected chi connectivity index (χ2v) is 4.83. The van der Waals surface area contributed by atoms with Crippen LogP contribution in [0.3, 0.4) is 0 Å². The molecule has 1 amide bonds. The van der Waals surface area contributed by atoms with Crippen molar-refractivity contribution in [3.63, 3.8) is 0 Å². The summed E-state index contributed by atoms with van der Waals surface area (Å²) in [6.07, 6.45) is 1.54. The highest BCUT2D eigenvalue weighted by atomic mass is 35.5. The molecule has 0 fully saturated rings. The Kier molecular flexibility index (Phi) is 4.65. The third-order valence-corrected chi connectivity index (χ3v) is 3.26. The van der Waals surface area contributed by atoms with Crippen LogP contribution in [0.2, 0.25) is 5.02 Å². The Morgan fingerprint density at radius 3 is 2.71 bits per heavy atom. The van der Waals surface area contributed by atoms with E-state index in [-0.39, 0.29) is 5.91 Å². The van der Waals surface area contributed by atoms with E-state index in [9.17, 15) is 4.79 Å². The van der Waals surface area contributed by atoms with Crippen LogP contribution in [-0.4, -0.2) is 25.0 Å². The number of methoxy groups -OCH3 is 1. The number of nitrogens with one attached hydrogen (secondary N) is 2. The Balaban J connectivity index is 2.24. The zero-order valence-electron chi connectivity index (χ0n) is 12.0. The van der Waals surface area contributed by atoms with Crippen LogP contribution < -0.4 is 15.4 Å². The summed E-state index contributed by atoms with van der Waals surface area (Å²) in [5.74, 6) is 0.302. The van der Waals surface area contributed by atoms with Crippen LogP contribution in [0, 0.1) is 6.92 Å². The van der Waals surface area contributed by atoms with Crippen molar-refractivity contribution >= 4 is 28.9 Å². The lowest BCUT2D eigenvalue weighted by Crippen LogP contribution is -2.14. The zero-order valence-corrected chi connectivity index (χ0v) is 12.8. The van der Waals surface area contributed by atoms with Gasteiger partial charge >= 0.3 is 0 Å². The second-order valence-electron chi connectivity index (χ2n) is 4.42. The van der Waals surface area contributed by atoms with Crippen molar-refractivity contribution in [2.45, 2.75) is 6.92 Å². The van der Waals surface area contributed by atoms with Crippen LogP contribution in [0.4, 0.5) is 11.4 Å². The van der Waals surface area contributed by atoms with E-state index < -0.39 is 0 Å². The summed E-state index contributed by atoms with van der Waals surface area (Å²) < 4.78 is 5.07. The first-order chi connectivity index (χ1) is 10.0. The fraction of sp³-hybridized carbons (Fsp3) is 0.200. The quantitative estimate of drug-likeness (QED) is 0.909. The third kappa shape index (κ3) is 3.44. The molecule has 2 N–H and O–H groups in total. The molecule has 0 bridgehead atoms. The average molecular weight is 306 g/mol. The molecule has 0 saturated heterocycles. The molecule has 0 spiro atoms. The maximum Gasteiger partial charge on any atom is 0.259 e. The number of benzene rings is 1. The molecular weight excluding hydrogens is 290 g/mol. The van der Waals surface area contributed by atoms with E-state index >= 15 is 0 Å². The minimum Gasteiger partial charge on any atom is -0.495 e. The number of pyridine rings is 1. The van der Waals surface area contributed by atoms with Gasteiger partial charge in [-0.15, -0.1) is 0 Å². The van der Waals surface area contributed by atoms with Gasteiger partial charge in [0.05, 0.1) is 23.4 Å². The Labute approximate surface area is 128 Å². The first-order valence-corrected chi connectivity index (χ1v) is 6.72. The van der Waals surface area contributed by atoms with E-state index in [4.69, 9.17) is 16.3 Å². The summed E-state index contributed by atoms with van der Waals surface area (Å²) in [5, 5.41) is 6.21. The minimum absolute atomic E-state index is 0.256. The first kappa shape index (κ1) is 15.1. The number of aryl methyl sites for hydroxylation is 1. The number of nitrogens with zero attached hydrogens (tertiary/aromatic N) is 1. The molecule has 0 aliphatic rings. The molecule has 5 nitrogen and oxygen atoms in total. The van der Waals surface area contributed by atoms with Crippen LogP contribution >= 0.6 is 11.6 Å². The van der Waals surface area contributed by atoms with Gasteiger partial charge in [0.1, 0.15) is 5.75 Å². The molecule has 2 rings (SSSR count). The monoisotopic (exact) mass is 305 g/mol. The number of aromatic nitrogens is 1. The maximum atomic E-state index is 12.3. The maximum absolute atomic E-state index is 12.3. The standard InChI is InChI=1S/C15H16ClN3O2/c1-9-6-13(17-2)11(8-18-9)15(20)19-10-4-5-14(21-3)12(16)7-10/h4-8H,1-3H3,(H,17,18)(H,19,20). The molecule has 0 aliphatic heterocycles. The van der Waals surface area contributed by atoms with Gasteiger partial charge in [-0.2, -0.15) is 0 Å². The molecule has 1 heterocycles. The Morgan fingerprint density at radius 2 is 2.10 bits per heavy atom. The second kappa shape index (κ2) is 6.45. The molecule has 0 radical (unpaired) electrons. The lowest BCUT2D eigenvalue weighted by Gasteiger charge is -2.11. The zero-order chi connectivity index (χ0) is 15.4. The SMILES string of the molecule is CNc1cc(C)ncc1C(=O)Nc1ccc(OC)c(Cl)c1. The van der Waals surface area contributed by atoms with Crippen molar-refractivity contribution in [2.75, 3.05) is 24.8 Å². The summed E-state index contributed by atoms with van der Waals surface area (Å²) in [7, 11) is 3.30. The number of hydrogen-bond acceptors (Lipinski definition) is 4. The van der Waals surface area contributed by atoms with Crippen molar-refractivity contribution in [2.24, 2.45) is 0 Å². The lowest BCUT2D eigenvalue weighted by atomic mass is 10.2.